The number of carbonyl (C=O) groups is 2. The second-order valence-corrected chi connectivity index (χ2v) is 6.47. The SMILES string of the molecule is O=C1NC[C@@H](C(=O)NC(c2ccc(OC(F)(F)F)nc2)c2ccc(F)c(Cl)c2F)N1. The van der Waals surface area contributed by atoms with Gasteiger partial charge in [0.25, 0.3) is 0 Å². The lowest BCUT2D eigenvalue weighted by atomic mass is 9.99. The van der Waals surface area contributed by atoms with Crippen LogP contribution in [-0.4, -0.2) is 35.9 Å². The summed E-state index contributed by atoms with van der Waals surface area (Å²) in [7, 11) is 0. The molecule has 7 nitrogen and oxygen atoms in total. The van der Waals surface area contributed by atoms with Crippen molar-refractivity contribution in [3.8, 4) is 5.88 Å². The van der Waals surface area contributed by atoms with E-state index in [0.717, 1.165) is 30.5 Å². The normalized spacial score (nSPS) is 17.1. The molecule has 2 heterocycles. The molecule has 1 saturated heterocycles. The van der Waals surface area contributed by atoms with Crippen molar-refractivity contribution in [1.29, 1.82) is 0 Å². The van der Waals surface area contributed by atoms with E-state index < -0.39 is 52.9 Å². The minimum absolute atomic E-state index is 0.0410. The molecule has 0 bridgehead atoms. The summed E-state index contributed by atoms with van der Waals surface area (Å²) >= 11 is 5.60. The number of amides is 3. The van der Waals surface area contributed by atoms with Crippen LogP contribution in [0.3, 0.4) is 0 Å². The number of hydrogen-bond donors (Lipinski definition) is 3. The Morgan fingerprint density at radius 1 is 1.27 bits per heavy atom. The molecule has 3 rings (SSSR count). The molecule has 13 heteroatoms. The molecule has 2 aromatic rings. The lowest BCUT2D eigenvalue weighted by molar-refractivity contribution is -0.276. The van der Waals surface area contributed by atoms with Crippen molar-refractivity contribution in [2.24, 2.45) is 0 Å². The van der Waals surface area contributed by atoms with Crippen LogP contribution in [0.1, 0.15) is 17.2 Å². The van der Waals surface area contributed by atoms with Gasteiger partial charge in [0, 0.05) is 24.4 Å². The molecule has 1 aromatic carbocycles. The van der Waals surface area contributed by atoms with Gasteiger partial charge >= 0.3 is 12.4 Å². The van der Waals surface area contributed by atoms with Gasteiger partial charge in [-0.15, -0.1) is 13.2 Å². The third-order valence-electron chi connectivity index (χ3n) is 4.06. The van der Waals surface area contributed by atoms with E-state index >= 15 is 0 Å². The number of nitrogens with one attached hydrogen (secondary N) is 3. The van der Waals surface area contributed by atoms with Crippen LogP contribution in [-0.2, 0) is 4.79 Å². The van der Waals surface area contributed by atoms with Gasteiger partial charge in [-0.25, -0.2) is 18.6 Å². The quantitative estimate of drug-likeness (QED) is 0.482. The highest BCUT2D eigenvalue weighted by atomic mass is 35.5. The molecule has 1 aliphatic heterocycles. The number of rotatable bonds is 5. The predicted octanol–water partition coefficient (Wildman–Crippen LogP) is 2.80. The van der Waals surface area contributed by atoms with Gasteiger partial charge in [-0.1, -0.05) is 17.7 Å². The largest absolute Gasteiger partial charge is 0.574 e. The van der Waals surface area contributed by atoms with E-state index in [-0.39, 0.29) is 17.7 Å². The maximum Gasteiger partial charge on any atom is 0.574 e. The summed E-state index contributed by atoms with van der Waals surface area (Å²) in [6, 6.07) is 0.990. The molecular weight excluding hydrogens is 439 g/mol. The Morgan fingerprint density at radius 2 is 2.00 bits per heavy atom. The average Bonchev–Trinajstić information content (AvgIpc) is 3.11. The number of ether oxygens (including phenoxy) is 1. The number of alkyl halides is 3. The van der Waals surface area contributed by atoms with E-state index in [1.54, 1.807) is 0 Å². The molecule has 1 fully saturated rings. The molecule has 2 atom stereocenters. The molecule has 3 amide bonds. The Labute approximate surface area is 170 Å². The smallest absolute Gasteiger partial charge is 0.388 e. The van der Waals surface area contributed by atoms with Crippen LogP contribution in [0.5, 0.6) is 5.88 Å². The zero-order valence-electron chi connectivity index (χ0n) is 14.7. The third kappa shape index (κ3) is 4.87. The van der Waals surface area contributed by atoms with Gasteiger partial charge in [0.15, 0.2) is 0 Å². The van der Waals surface area contributed by atoms with Crippen molar-refractivity contribution in [3.05, 3.63) is 58.2 Å². The third-order valence-corrected chi connectivity index (χ3v) is 4.41. The maximum absolute atomic E-state index is 14.6. The lowest BCUT2D eigenvalue weighted by Crippen LogP contribution is -2.44. The fraction of sp³-hybridized carbons (Fsp3) is 0.235. The van der Waals surface area contributed by atoms with E-state index in [2.05, 4.69) is 25.7 Å². The first-order valence-corrected chi connectivity index (χ1v) is 8.63. The number of urea groups is 1. The van der Waals surface area contributed by atoms with Crippen LogP contribution < -0.4 is 20.7 Å². The van der Waals surface area contributed by atoms with Crippen LogP contribution in [0.25, 0.3) is 0 Å². The van der Waals surface area contributed by atoms with E-state index in [1.165, 1.54) is 0 Å². The first-order valence-electron chi connectivity index (χ1n) is 8.25. The zero-order chi connectivity index (χ0) is 22.1. The summed E-state index contributed by atoms with van der Waals surface area (Å²) < 4.78 is 68.8. The van der Waals surface area contributed by atoms with E-state index in [4.69, 9.17) is 11.6 Å². The van der Waals surface area contributed by atoms with Crippen molar-refractivity contribution in [2.45, 2.75) is 18.4 Å². The molecule has 1 unspecified atom stereocenters. The van der Waals surface area contributed by atoms with Crippen molar-refractivity contribution in [2.75, 3.05) is 6.54 Å². The minimum Gasteiger partial charge on any atom is -0.388 e. The number of hydrogen-bond acceptors (Lipinski definition) is 4. The van der Waals surface area contributed by atoms with Gasteiger partial charge in [-0.3, -0.25) is 4.79 Å². The first kappa shape index (κ1) is 21.6. The summed E-state index contributed by atoms with van der Waals surface area (Å²) in [5.41, 5.74) is -0.213. The second-order valence-electron chi connectivity index (χ2n) is 6.09. The highest BCUT2D eigenvalue weighted by Gasteiger charge is 2.33. The number of benzene rings is 1. The molecule has 0 aliphatic carbocycles. The van der Waals surface area contributed by atoms with Gasteiger partial charge in [0.2, 0.25) is 11.8 Å². The standard InChI is InChI=1S/C17H12ClF5N4O3/c18-12-9(19)3-2-8(13(12)20)14(27-15(28)10-6-25-16(29)26-10)7-1-4-11(24-5-7)30-17(21,22)23/h1-5,10,14H,6H2,(H,27,28)(H2,25,26,29)/t10-,14?/m0/s1. The van der Waals surface area contributed by atoms with E-state index in [0.29, 0.717) is 0 Å². The Hall–Kier alpha value is -3.15. The predicted molar refractivity (Wildman–Crippen MR) is 92.6 cm³/mol. The molecule has 1 aromatic heterocycles. The van der Waals surface area contributed by atoms with Crippen LogP contribution >= 0.6 is 11.6 Å². The summed E-state index contributed by atoms with van der Waals surface area (Å²) in [5.74, 6) is -3.72. The fourth-order valence-electron chi connectivity index (χ4n) is 2.70. The Morgan fingerprint density at radius 3 is 2.57 bits per heavy atom. The number of carbonyl (C=O) groups excluding carboxylic acids is 2. The van der Waals surface area contributed by atoms with Crippen molar-refractivity contribution >= 4 is 23.5 Å². The van der Waals surface area contributed by atoms with E-state index in [1.807, 2.05) is 0 Å². The molecule has 0 spiro atoms. The number of halogens is 6. The van der Waals surface area contributed by atoms with Gasteiger partial charge in [0.05, 0.1) is 6.04 Å². The highest BCUT2D eigenvalue weighted by molar-refractivity contribution is 6.31. The Kier molecular flexibility index (Phi) is 5.97. The summed E-state index contributed by atoms with van der Waals surface area (Å²) in [6.45, 7) is -0.0410. The van der Waals surface area contributed by atoms with Crippen molar-refractivity contribution < 1.29 is 36.3 Å². The van der Waals surface area contributed by atoms with Gasteiger partial charge < -0.3 is 20.7 Å². The van der Waals surface area contributed by atoms with Gasteiger partial charge in [-0.05, 0) is 17.7 Å². The van der Waals surface area contributed by atoms with Crippen LogP contribution in [0, 0.1) is 11.6 Å². The van der Waals surface area contributed by atoms with Crippen molar-refractivity contribution in [3.63, 3.8) is 0 Å². The highest BCUT2D eigenvalue weighted by Crippen LogP contribution is 2.31. The molecule has 3 N–H and O–H groups in total. The minimum atomic E-state index is -4.97. The molecule has 0 radical (unpaired) electrons. The topological polar surface area (TPSA) is 92.4 Å². The van der Waals surface area contributed by atoms with Crippen LogP contribution in [0.4, 0.5) is 26.7 Å². The fourth-order valence-corrected chi connectivity index (χ4v) is 2.87. The Bertz CT molecular complexity index is 971. The molecule has 30 heavy (non-hydrogen) atoms. The lowest BCUT2D eigenvalue weighted by Gasteiger charge is -2.22. The van der Waals surface area contributed by atoms with E-state index in [9.17, 15) is 31.5 Å². The zero-order valence-corrected chi connectivity index (χ0v) is 15.4. The number of pyridine rings is 1. The Balaban J connectivity index is 1.94. The monoisotopic (exact) mass is 450 g/mol. The molecule has 0 saturated carbocycles. The summed E-state index contributed by atoms with van der Waals surface area (Å²) in [4.78, 5) is 27.2. The summed E-state index contributed by atoms with van der Waals surface area (Å²) in [6.07, 6.45) is -4.04. The second kappa shape index (κ2) is 8.30. The first-order chi connectivity index (χ1) is 14.0. The number of nitrogens with zero attached hydrogens (tertiary/aromatic N) is 1. The van der Waals surface area contributed by atoms with Crippen LogP contribution in [0.2, 0.25) is 5.02 Å². The van der Waals surface area contributed by atoms with Gasteiger partial charge in [-0.2, -0.15) is 0 Å². The molecular formula is C17H12ClF5N4O3. The average molecular weight is 451 g/mol. The van der Waals surface area contributed by atoms with Crippen molar-refractivity contribution in [1.82, 2.24) is 20.9 Å². The van der Waals surface area contributed by atoms with Gasteiger partial charge in [0.1, 0.15) is 22.7 Å². The maximum atomic E-state index is 14.6. The number of aromatic nitrogens is 1. The van der Waals surface area contributed by atoms with Crippen LogP contribution in [0.15, 0.2) is 30.5 Å². The summed E-state index contributed by atoms with van der Waals surface area (Å²) in [5, 5.41) is 6.32. The molecule has 1 aliphatic rings. The molecule has 160 valence electrons.